The first-order valence-electron chi connectivity index (χ1n) is 8.88. The standard InChI is InChI=1S/C21H17Cl2F3N2OS/c1-20(12-30-21(24,25)26,11-14-15(22)7-3-8-16(14)23)19(29)28-17-9-2-5-13-6-4-10-27-18(13)17/h2-10H,11-12H2,1H3,(H,28,29)/t20-/m1/s1. The monoisotopic (exact) mass is 472 g/mol. The smallest absolute Gasteiger partial charge is 0.324 e. The van der Waals surface area contributed by atoms with Gasteiger partial charge in [0.25, 0.3) is 0 Å². The molecular formula is C21H17Cl2F3N2OS. The van der Waals surface area contributed by atoms with E-state index in [-0.39, 0.29) is 18.2 Å². The second-order valence-electron chi connectivity index (χ2n) is 7.01. The molecule has 1 heterocycles. The van der Waals surface area contributed by atoms with Crippen molar-refractivity contribution in [2.75, 3.05) is 11.1 Å². The van der Waals surface area contributed by atoms with Crippen molar-refractivity contribution in [1.82, 2.24) is 4.98 Å². The quantitative estimate of drug-likeness (QED) is 0.420. The summed E-state index contributed by atoms with van der Waals surface area (Å²) in [4.78, 5) is 17.5. The number of hydrogen-bond donors (Lipinski definition) is 1. The Bertz CT molecular complexity index is 1050. The summed E-state index contributed by atoms with van der Waals surface area (Å²) in [6.45, 7) is 1.47. The number of hydrogen-bond acceptors (Lipinski definition) is 3. The summed E-state index contributed by atoms with van der Waals surface area (Å²) in [6, 6.07) is 13.6. The van der Waals surface area contributed by atoms with Crippen molar-refractivity contribution in [3.05, 3.63) is 70.3 Å². The minimum atomic E-state index is -4.48. The number of rotatable bonds is 6. The second-order valence-corrected chi connectivity index (χ2v) is 8.86. The summed E-state index contributed by atoms with van der Waals surface area (Å²) in [5.41, 5.74) is -4.52. The lowest BCUT2D eigenvalue weighted by Crippen LogP contribution is -2.38. The molecule has 0 aliphatic rings. The van der Waals surface area contributed by atoms with E-state index in [1.54, 1.807) is 42.6 Å². The minimum Gasteiger partial charge on any atom is -0.324 e. The fraction of sp³-hybridized carbons (Fsp3) is 0.238. The predicted molar refractivity (Wildman–Crippen MR) is 117 cm³/mol. The van der Waals surface area contributed by atoms with Gasteiger partial charge in [-0.2, -0.15) is 13.2 Å². The first-order chi connectivity index (χ1) is 14.1. The van der Waals surface area contributed by atoms with E-state index in [4.69, 9.17) is 23.2 Å². The molecule has 2 aromatic carbocycles. The maximum Gasteiger partial charge on any atom is 0.441 e. The SMILES string of the molecule is C[C@](CSC(F)(F)F)(Cc1c(Cl)cccc1Cl)C(=O)Nc1cccc2cccnc12. The molecule has 1 amide bonds. The van der Waals surface area contributed by atoms with Gasteiger partial charge in [0.15, 0.2) is 0 Å². The molecule has 1 aromatic heterocycles. The normalized spacial score (nSPS) is 13.8. The molecule has 1 N–H and O–H groups in total. The fourth-order valence-electron chi connectivity index (χ4n) is 3.01. The maximum absolute atomic E-state index is 13.2. The van der Waals surface area contributed by atoms with Gasteiger partial charge in [0.1, 0.15) is 0 Å². The van der Waals surface area contributed by atoms with Gasteiger partial charge in [0, 0.05) is 27.4 Å². The summed E-state index contributed by atoms with van der Waals surface area (Å²) < 4.78 is 38.9. The van der Waals surface area contributed by atoms with Crippen LogP contribution in [0, 0.1) is 5.41 Å². The van der Waals surface area contributed by atoms with Gasteiger partial charge in [-0.3, -0.25) is 9.78 Å². The second kappa shape index (κ2) is 9.04. The Morgan fingerprint density at radius 2 is 1.70 bits per heavy atom. The number of anilines is 1. The van der Waals surface area contributed by atoms with E-state index in [1.165, 1.54) is 6.92 Å². The number of nitrogens with one attached hydrogen (secondary N) is 1. The van der Waals surface area contributed by atoms with Crippen molar-refractivity contribution < 1.29 is 18.0 Å². The van der Waals surface area contributed by atoms with Gasteiger partial charge in [-0.05, 0) is 54.9 Å². The third-order valence-corrected chi connectivity index (χ3v) is 6.43. The molecule has 9 heteroatoms. The van der Waals surface area contributed by atoms with Gasteiger partial charge in [-0.25, -0.2) is 0 Å². The first kappa shape index (κ1) is 22.7. The van der Waals surface area contributed by atoms with Crippen LogP contribution in [0.1, 0.15) is 12.5 Å². The molecule has 0 unspecified atom stereocenters. The lowest BCUT2D eigenvalue weighted by atomic mass is 9.84. The van der Waals surface area contributed by atoms with Gasteiger partial charge >= 0.3 is 5.51 Å². The highest BCUT2D eigenvalue weighted by Gasteiger charge is 2.40. The van der Waals surface area contributed by atoms with Crippen LogP contribution in [0.15, 0.2) is 54.7 Å². The Labute approximate surface area is 186 Å². The summed E-state index contributed by atoms with van der Waals surface area (Å²) in [5, 5.41) is 4.15. The molecular weight excluding hydrogens is 456 g/mol. The van der Waals surface area contributed by atoms with Gasteiger partial charge < -0.3 is 5.32 Å². The number of para-hydroxylation sites is 1. The van der Waals surface area contributed by atoms with Crippen molar-refractivity contribution in [2.24, 2.45) is 5.41 Å². The largest absolute Gasteiger partial charge is 0.441 e. The van der Waals surface area contributed by atoms with Crippen LogP contribution < -0.4 is 5.32 Å². The topological polar surface area (TPSA) is 42.0 Å². The highest BCUT2D eigenvalue weighted by Crippen LogP contribution is 2.40. The van der Waals surface area contributed by atoms with Crippen molar-refractivity contribution in [3.63, 3.8) is 0 Å². The Morgan fingerprint density at radius 1 is 1.07 bits per heavy atom. The molecule has 0 spiro atoms. The molecule has 0 aliphatic carbocycles. The van der Waals surface area contributed by atoms with Crippen LogP contribution in [0.5, 0.6) is 0 Å². The highest BCUT2D eigenvalue weighted by molar-refractivity contribution is 8.00. The molecule has 30 heavy (non-hydrogen) atoms. The maximum atomic E-state index is 13.2. The molecule has 0 radical (unpaired) electrons. The van der Waals surface area contributed by atoms with Crippen LogP contribution >= 0.6 is 35.0 Å². The first-order valence-corrected chi connectivity index (χ1v) is 10.6. The number of aromatic nitrogens is 1. The van der Waals surface area contributed by atoms with E-state index in [0.29, 0.717) is 26.8 Å². The number of carbonyl (C=O) groups excluding carboxylic acids is 1. The molecule has 3 aromatic rings. The third-order valence-electron chi connectivity index (χ3n) is 4.61. The summed E-state index contributed by atoms with van der Waals surface area (Å²) in [5.74, 6) is -1.07. The summed E-state index contributed by atoms with van der Waals surface area (Å²) >= 11 is 12.2. The lowest BCUT2D eigenvalue weighted by Gasteiger charge is -2.29. The van der Waals surface area contributed by atoms with Crippen LogP contribution in [0.2, 0.25) is 10.0 Å². The van der Waals surface area contributed by atoms with E-state index in [0.717, 1.165) is 5.39 Å². The van der Waals surface area contributed by atoms with Gasteiger partial charge in [-0.15, -0.1) is 0 Å². The molecule has 3 nitrogen and oxygen atoms in total. The molecule has 1 atom stereocenters. The van der Waals surface area contributed by atoms with Crippen molar-refractivity contribution in [2.45, 2.75) is 18.9 Å². The molecule has 0 fully saturated rings. The Morgan fingerprint density at radius 3 is 2.37 bits per heavy atom. The van der Waals surface area contributed by atoms with Crippen LogP contribution in [0.25, 0.3) is 10.9 Å². The predicted octanol–water partition coefficient (Wildman–Crippen LogP) is 6.98. The third kappa shape index (κ3) is 5.39. The van der Waals surface area contributed by atoms with Crippen molar-refractivity contribution in [3.8, 4) is 0 Å². The van der Waals surface area contributed by atoms with E-state index >= 15 is 0 Å². The van der Waals surface area contributed by atoms with E-state index in [9.17, 15) is 18.0 Å². The van der Waals surface area contributed by atoms with Crippen molar-refractivity contribution in [1.29, 1.82) is 0 Å². The van der Waals surface area contributed by atoms with Gasteiger partial charge in [0.2, 0.25) is 5.91 Å². The van der Waals surface area contributed by atoms with Crippen LogP contribution in [-0.2, 0) is 11.2 Å². The van der Waals surface area contributed by atoms with Crippen LogP contribution in [0.3, 0.4) is 0 Å². The van der Waals surface area contributed by atoms with E-state index in [2.05, 4.69) is 10.3 Å². The summed E-state index contributed by atoms with van der Waals surface area (Å²) in [7, 11) is 0. The number of nitrogens with zero attached hydrogens (tertiary/aromatic N) is 1. The number of thioether (sulfide) groups is 1. The zero-order valence-electron chi connectivity index (χ0n) is 15.8. The van der Waals surface area contributed by atoms with E-state index < -0.39 is 22.6 Å². The van der Waals surface area contributed by atoms with Gasteiger partial charge in [-0.1, -0.05) is 47.5 Å². The molecule has 0 saturated heterocycles. The zero-order chi connectivity index (χ0) is 21.9. The minimum absolute atomic E-state index is 0.0569. The lowest BCUT2D eigenvalue weighted by molar-refractivity contribution is -0.123. The average Bonchev–Trinajstić information content (AvgIpc) is 2.69. The molecule has 0 aliphatic heterocycles. The van der Waals surface area contributed by atoms with Crippen LogP contribution in [-0.4, -0.2) is 22.2 Å². The molecule has 158 valence electrons. The Kier molecular flexibility index (Phi) is 6.84. The highest BCUT2D eigenvalue weighted by atomic mass is 35.5. The zero-order valence-corrected chi connectivity index (χ0v) is 18.1. The van der Waals surface area contributed by atoms with Gasteiger partial charge in [0.05, 0.1) is 16.6 Å². The number of amides is 1. The number of fused-ring (bicyclic) bond motifs is 1. The number of alkyl halides is 3. The van der Waals surface area contributed by atoms with E-state index in [1.807, 2.05) is 12.1 Å². The summed E-state index contributed by atoms with van der Waals surface area (Å²) in [6.07, 6.45) is 1.53. The number of carbonyl (C=O) groups is 1. The number of benzene rings is 2. The Balaban J connectivity index is 1.95. The fourth-order valence-corrected chi connectivity index (χ4v) is 4.25. The Hall–Kier alpha value is -1.96. The number of pyridine rings is 1. The number of halogens is 5. The molecule has 3 rings (SSSR count). The van der Waals surface area contributed by atoms with Crippen molar-refractivity contribution >= 4 is 57.5 Å². The average molecular weight is 473 g/mol. The molecule has 0 saturated carbocycles. The molecule has 0 bridgehead atoms. The van der Waals surface area contributed by atoms with Crippen LogP contribution in [0.4, 0.5) is 18.9 Å².